The van der Waals surface area contributed by atoms with Crippen LogP contribution >= 0.6 is 23.6 Å². The largest absolute Gasteiger partial charge is 0.465 e. The third kappa shape index (κ3) is 5.18. The molecule has 6 heteroatoms. The van der Waals surface area contributed by atoms with Crippen molar-refractivity contribution in [2.45, 2.75) is 19.8 Å². The summed E-state index contributed by atoms with van der Waals surface area (Å²) in [5, 5.41) is 7.46. The van der Waals surface area contributed by atoms with E-state index in [4.69, 9.17) is 17.0 Å². The van der Waals surface area contributed by atoms with Gasteiger partial charge >= 0.3 is 5.97 Å². The Bertz CT molecular complexity index is 968. The lowest BCUT2D eigenvalue weighted by atomic mass is 10.1. The molecular weight excluding hydrogens is 388 g/mol. The molecule has 2 aromatic carbocycles. The minimum Gasteiger partial charge on any atom is -0.465 e. The van der Waals surface area contributed by atoms with Crippen molar-refractivity contribution >= 4 is 45.3 Å². The smallest absolute Gasteiger partial charge is 0.340 e. The van der Waals surface area contributed by atoms with E-state index in [1.165, 1.54) is 29.6 Å². The average Bonchev–Trinajstić information content (AvgIpc) is 3.10. The van der Waals surface area contributed by atoms with Gasteiger partial charge in [-0.05, 0) is 48.0 Å². The maximum Gasteiger partial charge on any atom is 0.340 e. The van der Waals surface area contributed by atoms with Crippen LogP contribution in [0.4, 0.5) is 10.7 Å². The number of carbonyl (C=O) groups excluding carboxylic acids is 1. The summed E-state index contributed by atoms with van der Waals surface area (Å²) >= 11 is 6.96. The highest BCUT2D eigenvalue weighted by atomic mass is 32.1. The number of nitrogens with one attached hydrogen (secondary N) is 2. The second kappa shape index (κ2) is 9.48. The molecule has 144 valence electrons. The van der Waals surface area contributed by atoms with Gasteiger partial charge in [0, 0.05) is 17.0 Å². The number of thiocarbonyl (C=S) groups is 1. The summed E-state index contributed by atoms with van der Waals surface area (Å²) in [4.78, 5) is 13.3. The topological polar surface area (TPSA) is 50.4 Å². The Labute approximate surface area is 174 Å². The Kier molecular flexibility index (Phi) is 6.79. The van der Waals surface area contributed by atoms with Crippen molar-refractivity contribution in [2.75, 3.05) is 17.7 Å². The van der Waals surface area contributed by atoms with Gasteiger partial charge in [-0.2, -0.15) is 0 Å². The van der Waals surface area contributed by atoms with Gasteiger partial charge in [0.15, 0.2) is 5.11 Å². The Hall–Kier alpha value is -2.70. The molecular formula is C22H22N2O2S2. The molecule has 0 fully saturated rings. The van der Waals surface area contributed by atoms with Crippen molar-refractivity contribution < 1.29 is 9.53 Å². The molecule has 0 bridgehead atoms. The lowest BCUT2D eigenvalue weighted by Crippen LogP contribution is -2.20. The Morgan fingerprint density at radius 1 is 1.04 bits per heavy atom. The normalized spacial score (nSPS) is 10.4. The molecule has 0 amide bonds. The fourth-order valence-electron chi connectivity index (χ4n) is 2.82. The number of methoxy groups -OCH3 is 1. The van der Waals surface area contributed by atoms with Gasteiger partial charge in [-0.25, -0.2) is 4.79 Å². The van der Waals surface area contributed by atoms with Crippen LogP contribution in [0.2, 0.25) is 0 Å². The zero-order valence-electron chi connectivity index (χ0n) is 15.8. The van der Waals surface area contributed by atoms with Gasteiger partial charge in [-0.3, -0.25) is 0 Å². The highest BCUT2D eigenvalue weighted by Gasteiger charge is 2.18. The molecule has 0 saturated heterocycles. The fourth-order valence-corrected chi connectivity index (χ4v) is 4.18. The molecule has 0 aliphatic heterocycles. The molecule has 1 aromatic heterocycles. The van der Waals surface area contributed by atoms with Gasteiger partial charge in [-0.15, -0.1) is 11.3 Å². The van der Waals surface area contributed by atoms with E-state index in [0.717, 1.165) is 23.4 Å². The lowest BCUT2D eigenvalue weighted by molar-refractivity contribution is 0.0602. The number of hydrogen-bond donors (Lipinski definition) is 2. The molecule has 3 aromatic rings. The van der Waals surface area contributed by atoms with Crippen LogP contribution in [0.1, 0.15) is 33.3 Å². The Morgan fingerprint density at radius 3 is 2.50 bits per heavy atom. The quantitative estimate of drug-likeness (QED) is 0.415. The number of thiophene rings is 1. The zero-order chi connectivity index (χ0) is 19.9. The Morgan fingerprint density at radius 2 is 1.79 bits per heavy atom. The molecule has 3 rings (SSSR count). The van der Waals surface area contributed by atoms with Gasteiger partial charge in [0.05, 0.1) is 12.7 Å². The Balaban J connectivity index is 1.77. The third-order valence-electron chi connectivity index (χ3n) is 4.23. The van der Waals surface area contributed by atoms with Crippen molar-refractivity contribution in [3.05, 3.63) is 82.2 Å². The predicted molar refractivity (Wildman–Crippen MR) is 121 cm³/mol. The van der Waals surface area contributed by atoms with Crippen molar-refractivity contribution in [2.24, 2.45) is 0 Å². The van der Waals surface area contributed by atoms with E-state index >= 15 is 0 Å². The van der Waals surface area contributed by atoms with Crippen LogP contribution in [0.15, 0.2) is 60.7 Å². The first kappa shape index (κ1) is 20.0. The summed E-state index contributed by atoms with van der Waals surface area (Å²) in [6.07, 6.45) is 1.70. The van der Waals surface area contributed by atoms with E-state index < -0.39 is 0 Å². The third-order valence-corrected chi connectivity index (χ3v) is 5.48. The summed E-state index contributed by atoms with van der Waals surface area (Å²) in [5.41, 5.74) is 3.82. The summed E-state index contributed by atoms with van der Waals surface area (Å²) in [7, 11) is 1.38. The molecule has 4 nitrogen and oxygen atoms in total. The van der Waals surface area contributed by atoms with Crippen LogP contribution in [-0.4, -0.2) is 18.2 Å². The van der Waals surface area contributed by atoms with E-state index in [0.29, 0.717) is 15.7 Å². The van der Waals surface area contributed by atoms with Crippen LogP contribution in [0.3, 0.4) is 0 Å². The number of ether oxygens (including phenoxy) is 1. The minimum atomic E-state index is -0.381. The van der Waals surface area contributed by atoms with Gasteiger partial charge < -0.3 is 15.4 Å². The van der Waals surface area contributed by atoms with Gasteiger partial charge in [0.25, 0.3) is 0 Å². The molecule has 0 aliphatic rings. The van der Waals surface area contributed by atoms with Crippen LogP contribution < -0.4 is 10.6 Å². The lowest BCUT2D eigenvalue weighted by Gasteiger charge is -2.11. The number of carbonyl (C=O) groups is 1. The predicted octanol–water partition coefficient (Wildman–Crippen LogP) is 5.50. The zero-order valence-corrected chi connectivity index (χ0v) is 17.5. The monoisotopic (exact) mass is 410 g/mol. The summed E-state index contributed by atoms with van der Waals surface area (Å²) in [5.74, 6) is -0.381. The maximum absolute atomic E-state index is 12.2. The number of hydrogen-bond acceptors (Lipinski definition) is 4. The van der Waals surface area contributed by atoms with Gasteiger partial charge in [0.1, 0.15) is 5.00 Å². The van der Waals surface area contributed by atoms with Crippen LogP contribution in [0.25, 0.3) is 0 Å². The first-order valence-electron chi connectivity index (χ1n) is 9.01. The second-order valence-electron chi connectivity index (χ2n) is 6.24. The molecule has 0 atom stereocenters. The van der Waals surface area contributed by atoms with E-state index in [-0.39, 0.29) is 5.97 Å². The average molecular weight is 411 g/mol. The van der Waals surface area contributed by atoms with Gasteiger partial charge in [-0.1, -0.05) is 49.4 Å². The first-order chi connectivity index (χ1) is 13.6. The van der Waals surface area contributed by atoms with Crippen molar-refractivity contribution in [3.8, 4) is 0 Å². The molecule has 0 radical (unpaired) electrons. The van der Waals surface area contributed by atoms with E-state index in [1.54, 1.807) is 0 Å². The molecule has 0 spiro atoms. The number of anilines is 2. The standard InChI is InChI=1S/C22H22N2O2S2/c1-3-15-10-7-11-17(12-15)23-22(27)24-20-19(21(25)26-2)14-18(28-20)13-16-8-5-4-6-9-16/h4-12,14H,3,13H2,1-2H3,(H2,23,24,27). The SMILES string of the molecule is CCc1cccc(NC(=S)Nc2sc(Cc3ccccc3)cc2C(=O)OC)c1. The fraction of sp³-hybridized carbons (Fsp3) is 0.182. The summed E-state index contributed by atoms with van der Waals surface area (Å²) in [6, 6.07) is 20.1. The summed E-state index contributed by atoms with van der Waals surface area (Å²) < 4.78 is 4.93. The van der Waals surface area contributed by atoms with E-state index in [9.17, 15) is 4.79 Å². The number of rotatable bonds is 6. The van der Waals surface area contributed by atoms with E-state index in [1.807, 2.05) is 36.4 Å². The van der Waals surface area contributed by atoms with Crippen LogP contribution in [-0.2, 0) is 17.6 Å². The highest BCUT2D eigenvalue weighted by Crippen LogP contribution is 2.30. The maximum atomic E-state index is 12.2. The van der Waals surface area contributed by atoms with Crippen molar-refractivity contribution in [1.82, 2.24) is 0 Å². The number of benzene rings is 2. The van der Waals surface area contributed by atoms with Gasteiger partial charge in [0.2, 0.25) is 0 Å². The molecule has 28 heavy (non-hydrogen) atoms. The second-order valence-corrected chi connectivity index (χ2v) is 7.79. The van der Waals surface area contributed by atoms with Crippen LogP contribution in [0, 0.1) is 0 Å². The first-order valence-corrected chi connectivity index (χ1v) is 10.2. The molecule has 0 saturated carbocycles. The number of esters is 1. The van der Waals surface area contributed by atoms with Crippen LogP contribution in [0.5, 0.6) is 0 Å². The van der Waals surface area contributed by atoms with Crippen molar-refractivity contribution in [3.63, 3.8) is 0 Å². The highest BCUT2D eigenvalue weighted by molar-refractivity contribution is 7.80. The molecule has 1 heterocycles. The molecule has 0 unspecified atom stereocenters. The summed E-state index contributed by atoms with van der Waals surface area (Å²) in [6.45, 7) is 2.11. The number of aryl methyl sites for hydroxylation is 1. The van der Waals surface area contributed by atoms with E-state index in [2.05, 4.69) is 41.8 Å². The van der Waals surface area contributed by atoms with Crippen molar-refractivity contribution in [1.29, 1.82) is 0 Å². The minimum absolute atomic E-state index is 0.381. The molecule has 2 N–H and O–H groups in total. The molecule has 0 aliphatic carbocycles.